The Balaban J connectivity index is 2.51. The Hall–Kier alpha value is -1.50. The van der Waals surface area contributed by atoms with Crippen molar-refractivity contribution in [2.45, 2.75) is 48.0 Å². The third-order valence-corrected chi connectivity index (χ3v) is 4.98. The average Bonchev–Trinajstić information content (AvgIpc) is 2.44. The number of likely N-dealkylation sites (N-methyl/N-ethyl adjacent to an activating group) is 1. The van der Waals surface area contributed by atoms with E-state index in [-0.39, 0.29) is 0 Å². The zero-order chi connectivity index (χ0) is 15.0. The second-order valence-corrected chi connectivity index (χ2v) is 6.23. The molecule has 2 rings (SSSR count). The number of rotatable bonds is 2. The molecule has 1 aliphatic rings. The molecule has 1 nitrogen and oxygen atoms in total. The van der Waals surface area contributed by atoms with E-state index in [0.717, 1.165) is 6.42 Å². The van der Waals surface area contributed by atoms with Gasteiger partial charge in [-0.2, -0.15) is 0 Å². The zero-order valence-corrected chi connectivity index (χ0v) is 14.0. The second-order valence-electron chi connectivity index (χ2n) is 6.23. The summed E-state index contributed by atoms with van der Waals surface area (Å²) in [6, 6.07) is 0. The van der Waals surface area contributed by atoms with E-state index in [4.69, 9.17) is 0 Å². The maximum atomic E-state index is 2.36. The highest BCUT2D eigenvalue weighted by Gasteiger charge is 2.17. The first-order valence-corrected chi connectivity index (χ1v) is 7.53. The first kappa shape index (κ1) is 14.9. The van der Waals surface area contributed by atoms with Gasteiger partial charge >= 0.3 is 0 Å². The molecule has 1 heteroatoms. The van der Waals surface area contributed by atoms with Gasteiger partial charge in [-0.25, -0.2) is 0 Å². The van der Waals surface area contributed by atoms with Gasteiger partial charge in [0.2, 0.25) is 0 Å². The van der Waals surface area contributed by atoms with Crippen LogP contribution in [0.4, 0.5) is 5.69 Å². The SMILES string of the molecule is Cc1c(C)c(C)c(N(C)C2=CCC(C)C=C2)c(C)c1C. The van der Waals surface area contributed by atoms with E-state index >= 15 is 0 Å². The van der Waals surface area contributed by atoms with E-state index in [1.165, 1.54) is 39.2 Å². The van der Waals surface area contributed by atoms with Gasteiger partial charge in [-0.15, -0.1) is 0 Å². The molecular weight excluding hydrogens is 242 g/mol. The van der Waals surface area contributed by atoms with Gasteiger partial charge in [-0.1, -0.05) is 19.1 Å². The number of hydrogen-bond donors (Lipinski definition) is 0. The van der Waals surface area contributed by atoms with Crippen molar-refractivity contribution in [3.8, 4) is 0 Å². The van der Waals surface area contributed by atoms with Gasteiger partial charge < -0.3 is 4.90 Å². The molecule has 0 heterocycles. The van der Waals surface area contributed by atoms with Gasteiger partial charge in [0.05, 0.1) is 0 Å². The second kappa shape index (κ2) is 5.47. The third-order valence-electron chi connectivity index (χ3n) is 4.98. The highest BCUT2D eigenvalue weighted by molar-refractivity contribution is 5.69. The Kier molecular flexibility index (Phi) is 4.08. The highest BCUT2D eigenvalue weighted by atomic mass is 15.1. The van der Waals surface area contributed by atoms with Crippen molar-refractivity contribution in [3.63, 3.8) is 0 Å². The van der Waals surface area contributed by atoms with E-state index in [1.54, 1.807) is 0 Å². The van der Waals surface area contributed by atoms with Gasteiger partial charge in [0, 0.05) is 18.4 Å². The Bertz CT molecular complexity index is 561. The zero-order valence-electron chi connectivity index (χ0n) is 14.0. The fraction of sp³-hybridized carbons (Fsp3) is 0.474. The summed E-state index contributed by atoms with van der Waals surface area (Å²) in [7, 11) is 2.19. The maximum Gasteiger partial charge on any atom is 0.0472 e. The van der Waals surface area contributed by atoms with Crippen LogP contribution >= 0.6 is 0 Å². The molecule has 0 saturated carbocycles. The molecule has 1 aliphatic carbocycles. The number of allylic oxidation sites excluding steroid dienone is 3. The molecule has 1 atom stereocenters. The first-order chi connectivity index (χ1) is 9.34. The lowest BCUT2D eigenvalue weighted by Crippen LogP contribution is -2.20. The minimum Gasteiger partial charge on any atom is -0.344 e. The van der Waals surface area contributed by atoms with E-state index in [1.807, 2.05) is 0 Å². The van der Waals surface area contributed by atoms with Crippen molar-refractivity contribution in [1.82, 2.24) is 0 Å². The topological polar surface area (TPSA) is 3.24 Å². The Labute approximate surface area is 124 Å². The standard InChI is InChI=1S/C19H27N/c1-12-8-10-18(11-9-12)20(7)19-16(5)14(3)13(2)15(4)17(19)6/h8,10-12H,9H2,1-7H3. The number of anilines is 1. The smallest absolute Gasteiger partial charge is 0.0472 e. The van der Waals surface area contributed by atoms with Crippen molar-refractivity contribution in [3.05, 3.63) is 51.7 Å². The number of benzene rings is 1. The fourth-order valence-corrected chi connectivity index (χ4v) is 3.08. The molecule has 1 aromatic carbocycles. The molecule has 0 aromatic heterocycles. The van der Waals surface area contributed by atoms with E-state index in [9.17, 15) is 0 Å². The van der Waals surface area contributed by atoms with Crippen LogP contribution in [0, 0.1) is 40.5 Å². The Morgan fingerprint density at radius 2 is 1.40 bits per heavy atom. The molecule has 0 fully saturated rings. The van der Waals surface area contributed by atoms with Crippen LogP contribution < -0.4 is 4.90 Å². The van der Waals surface area contributed by atoms with Crippen molar-refractivity contribution in [1.29, 1.82) is 0 Å². The van der Waals surface area contributed by atoms with E-state index in [0.29, 0.717) is 5.92 Å². The van der Waals surface area contributed by atoms with Gasteiger partial charge in [0.15, 0.2) is 0 Å². The molecule has 1 aromatic rings. The first-order valence-electron chi connectivity index (χ1n) is 7.53. The minimum atomic E-state index is 0.663. The van der Waals surface area contributed by atoms with Crippen molar-refractivity contribution >= 4 is 5.69 Å². The van der Waals surface area contributed by atoms with Crippen LogP contribution in [0.15, 0.2) is 23.9 Å². The van der Waals surface area contributed by atoms with Crippen LogP contribution in [0.5, 0.6) is 0 Å². The van der Waals surface area contributed by atoms with Crippen molar-refractivity contribution < 1.29 is 0 Å². The van der Waals surface area contributed by atoms with Gasteiger partial charge in [0.25, 0.3) is 0 Å². The van der Waals surface area contributed by atoms with Gasteiger partial charge in [-0.3, -0.25) is 0 Å². The summed E-state index contributed by atoms with van der Waals surface area (Å²) in [5.74, 6) is 0.663. The summed E-state index contributed by atoms with van der Waals surface area (Å²) in [4.78, 5) is 2.35. The monoisotopic (exact) mass is 269 g/mol. The third kappa shape index (κ3) is 2.42. The molecule has 20 heavy (non-hydrogen) atoms. The molecule has 0 N–H and O–H groups in total. The van der Waals surface area contributed by atoms with Crippen LogP contribution in [-0.2, 0) is 0 Å². The lowest BCUT2D eigenvalue weighted by Gasteiger charge is -2.29. The Morgan fingerprint density at radius 1 is 0.900 bits per heavy atom. The molecule has 0 aliphatic heterocycles. The van der Waals surface area contributed by atoms with Crippen LogP contribution in [0.25, 0.3) is 0 Å². The molecule has 0 bridgehead atoms. The number of nitrogens with zero attached hydrogens (tertiary/aromatic N) is 1. The summed E-state index contributed by atoms with van der Waals surface area (Å²) in [5, 5.41) is 0. The predicted molar refractivity (Wildman–Crippen MR) is 89.5 cm³/mol. The quantitative estimate of drug-likeness (QED) is 0.718. The van der Waals surface area contributed by atoms with Crippen LogP contribution in [0.1, 0.15) is 41.2 Å². The summed E-state index contributed by atoms with van der Waals surface area (Å²) >= 11 is 0. The molecule has 0 radical (unpaired) electrons. The molecule has 108 valence electrons. The molecule has 0 saturated heterocycles. The van der Waals surface area contributed by atoms with Crippen molar-refractivity contribution in [2.24, 2.45) is 5.92 Å². The number of hydrogen-bond acceptors (Lipinski definition) is 1. The molecular formula is C19H27N. The minimum absolute atomic E-state index is 0.663. The maximum absolute atomic E-state index is 2.36. The fourth-order valence-electron chi connectivity index (χ4n) is 3.08. The summed E-state index contributed by atoms with van der Waals surface area (Å²) in [6.45, 7) is 13.5. The molecule has 1 unspecified atom stereocenters. The van der Waals surface area contributed by atoms with E-state index in [2.05, 4.69) is 71.7 Å². The van der Waals surface area contributed by atoms with Crippen LogP contribution in [0.2, 0.25) is 0 Å². The molecule has 0 spiro atoms. The lowest BCUT2D eigenvalue weighted by atomic mass is 9.92. The largest absolute Gasteiger partial charge is 0.344 e. The van der Waals surface area contributed by atoms with Crippen LogP contribution in [0.3, 0.4) is 0 Å². The normalized spacial score (nSPS) is 18.1. The Morgan fingerprint density at radius 3 is 1.85 bits per heavy atom. The van der Waals surface area contributed by atoms with E-state index < -0.39 is 0 Å². The average molecular weight is 269 g/mol. The predicted octanol–water partition coefficient (Wildman–Crippen LogP) is 5.14. The summed E-state index contributed by atoms with van der Waals surface area (Å²) < 4.78 is 0. The van der Waals surface area contributed by atoms with Gasteiger partial charge in [-0.05, 0) is 80.9 Å². The van der Waals surface area contributed by atoms with Crippen molar-refractivity contribution in [2.75, 3.05) is 11.9 Å². The molecule has 0 amide bonds. The summed E-state index contributed by atoms with van der Waals surface area (Å²) in [5.41, 5.74) is 9.77. The van der Waals surface area contributed by atoms with Crippen LogP contribution in [-0.4, -0.2) is 7.05 Å². The summed E-state index contributed by atoms with van der Waals surface area (Å²) in [6.07, 6.45) is 8.06. The highest BCUT2D eigenvalue weighted by Crippen LogP contribution is 2.35. The lowest BCUT2D eigenvalue weighted by molar-refractivity contribution is 0.727. The van der Waals surface area contributed by atoms with Gasteiger partial charge in [0.1, 0.15) is 0 Å².